The third-order valence-corrected chi connectivity index (χ3v) is 1.52. The third kappa shape index (κ3) is 1.96. The molecule has 0 unspecified atom stereocenters. The summed E-state index contributed by atoms with van der Waals surface area (Å²) in [4.78, 5) is 7.34. The van der Waals surface area contributed by atoms with Gasteiger partial charge in [-0.2, -0.15) is 0 Å². The highest BCUT2D eigenvalue weighted by Gasteiger charge is 2.10. The van der Waals surface area contributed by atoms with Crippen LogP contribution in [0.4, 0.5) is 8.78 Å². The highest BCUT2D eigenvalue weighted by Crippen LogP contribution is 2.18. The lowest BCUT2D eigenvalue weighted by Crippen LogP contribution is -1.97. The average molecular weight is 172 g/mol. The Hall–Kier alpha value is -1.06. The molecule has 0 bridgehead atoms. The molecule has 2 nitrogen and oxygen atoms in total. The van der Waals surface area contributed by atoms with E-state index in [1.807, 2.05) is 13.8 Å². The molecule has 0 aliphatic carbocycles. The Morgan fingerprint density at radius 3 is 2.25 bits per heavy atom. The molecule has 1 aromatic rings. The summed E-state index contributed by atoms with van der Waals surface area (Å²) in [6.07, 6.45) is -1.33. The molecule has 0 atom stereocenters. The molecule has 12 heavy (non-hydrogen) atoms. The Morgan fingerprint density at radius 1 is 1.17 bits per heavy atom. The monoisotopic (exact) mass is 172 g/mol. The van der Waals surface area contributed by atoms with Crippen LogP contribution in [0.1, 0.15) is 37.6 Å². The van der Waals surface area contributed by atoms with Crippen molar-refractivity contribution in [1.82, 2.24) is 9.97 Å². The van der Waals surface area contributed by atoms with E-state index in [9.17, 15) is 8.78 Å². The van der Waals surface area contributed by atoms with Gasteiger partial charge in [-0.1, -0.05) is 13.8 Å². The van der Waals surface area contributed by atoms with Gasteiger partial charge in [0.25, 0.3) is 6.43 Å². The Morgan fingerprint density at radius 2 is 1.75 bits per heavy atom. The Bertz CT molecular complexity index is 238. The summed E-state index contributed by atoms with van der Waals surface area (Å²) < 4.78 is 24.2. The second kappa shape index (κ2) is 3.56. The molecule has 0 aromatic carbocycles. The van der Waals surface area contributed by atoms with E-state index in [0.717, 1.165) is 0 Å². The second-order valence-corrected chi connectivity index (χ2v) is 2.82. The molecule has 4 heteroatoms. The smallest absolute Gasteiger partial charge is 0.241 e. The van der Waals surface area contributed by atoms with Crippen LogP contribution in [0.15, 0.2) is 12.4 Å². The van der Waals surface area contributed by atoms with E-state index in [1.165, 1.54) is 12.4 Å². The summed E-state index contributed by atoms with van der Waals surface area (Å²) >= 11 is 0. The fourth-order valence-electron chi connectivity index (χ4n) is 0.823. The maximum Gasteiger partial charge on any atom is 0.280 e. The number of hydrogen-bond donors (Lipinski definition) is 0. The van der Waals surface area contributed by atoms with Gasteiger partial charge in [-0.05, 0) is 12.0 Å². The van der Waals surface area contributed by atoms with Gasteiger partial charge in [0.2, 0.25) is 0 Å². The molecule has 0 radical (unpaired) electrons. The van der Waals surface area contributed by atoms with Gasteiger partial charge in [-0.15, -0.1) is 0 Å². The quantitative estimate of drug-likeness (QED) is 0.685. The Kier molecular flexibility index (Phi) is 2.68. The summed E-state index contributed by atoms with van der Waals surface area (Å²) in [6, 6.07) is 1.34. The van der Waals surface area contributed by atoms with E-state index < -0.39 is 6.43 Å². The molecule has 1 aromatic heterocycles. The van der Waals surface area contributed by atoms with Gasteiger partial charge in [0.15, 0.2) is 0 Å². The first-order valence-electron chi connectivity index (χ1n) is 3.71. The lowest BCUT2D eigenvalue weighted by atomic mass is 10.1. The zero-order valence-corrected chi connectivity index (χ0v) is 6.96. The molecule has 0 aliphatic rings. The van der Waals surface area contributed by atoms with Crippen molar-refractivity contribution in [1.29, 1.82) is 0 Å². The van der Waals surface area contributed by atoms with Crippen LogP contribution in [-0.4, -0.2) is 9.97 Å². The minimum atomic E-state index is -2.51. The number of hydrogen-bond acceptors (Lipinski definition) is 2. The van der Waals surface area contributed by atoms with Gasteiger partial charge in [0.05, 0.1) is 0 Å². The molecule has 0 spiro atoms. The summed E-state index contributed by atoms with van der Waals surface area (Å²) in [5.41, 5.74) is 0.453. The van der Waals surface area contributed by atoms with Crippen LogP contribution in [-0.2, 0) is 0 Å². The summed E-state index contributed by atoms with van der Waals surface area (Å²) in [7, 11) is 0. The maximum absolute atomic E-state index is 12.1. The molecule has 1 rings (SSSR count). The zero-order valence-electron chi connectivity index (χ0n) is 6.96. The van der Waals surface area contributed by atoms with Gasteiger partial charge in [-0.25, -0.2) is 18.7 Å². The predicted molar refractivity (Wildman–Crippen MR) is 41.1 cm³/mol. The van der Waals surface area contributed by atoms with Crippen molar-refractivity contribution < 1.29 is 8.78 Å². The van der Waals surface area contributed by atoms with Gasteiger partial charge in [-0.3, -0.25) is 0 Å². The fraction of sp³-hybridized carbons (Fsp3) is 0.500. The average Bonchev–Trinajstić information content (AvgIpc) is 2.04. The number of rotatable bonds is 2. The maximum atomic E-state index is 12.1. The normalized spacial score (nSPS) is 11.2. The van der Waals surface area contributed by atoms with Crippen LogP contribution in [0.5, 0.6) is 0 Å². The van der Waals surface area contributed by atoms with Crippen molar-refractivity contribution in [3.8, 4) is 0 Å². The van der Waals surface area contributed by atoms with Gasteiger partial charge >= 0.3 is 0 Å². The lowest BCUT2D eigenvalue weighted by Gasteiger charge is -2.04. The SMILES string of the molecule is CC(C)c1cc(C(F)F)ncn1. The van der Waals surface area contributed by atoms with E-state index >= 15 is 0 Å². The van der Waals surface area contributed by atoms with Crippen molar-refractivity contribution in [3.05, 3.63) is 23.8 Å². The van der Waals surface area contributed by atoms with E-state index in [2.05, 4.69) is 9.97 Å². The van der Waals surface area contributed by atoms with Crippen LogP contribution >= 0.6 is 0 Å². The second-order valence-electron chi connectivity index (χ2n) is 2.82. The summed E-state index contributed by atoms with van der Waals surface area (Å²) in [5.74, 6) is 0.158. The first-order valence-corrected chi connectivity index (χ1v) is 3.71. The zero-order chi connectivity index (χ0) is 9.14. The Labute approximate surface area is 69.7 Å². The van der Waals surface area contributed by atoms with Crippen molar-refractivity contribution >= 4 is 0 Å². The van der Waals surface area contributed by atoms with Crippen LogP contribution in [0, 0.1) is 0 Å². The molecular formula is C8H10F2N2. The number of nitrogens with zero attached hydrogens (tertiary/aromatic N) is 2. The molecule has 0 saturated carbocycles. The van der Waals surface area contributed by atoms with E-state index in [4.69, 9.17) is 0 Å². The van der Waals surface area contributed by atoms with Crippen LogP contribution < -0.4 is 0 Å². The van der Waals surface area contributed by atoms with E-state index in [-0.39, 0.29) is 11.6 Å². The minimum absolute atomic E-state index is 0.158. The molecule has 0 saturated heterocycles. The first-order chi connectivity index (χ1) is 5.61. The summed E-state index contributed by atoms with van der Waals surface area (Å²) in [6.45, 7) is 3.80. The van der Waals surface area contributed by atoms with Gasteiger partial charge in [0.1, 0.15) is 12.0 Å². The Balaban J connectivity index is 2.96. The molecule has 0 aliphatic heterocycles. The minimum Gasteiger partial charge on any atom is -0.241 e. The van der Waals surface area contributed by atoms with Crippen LogP contribution in [0.25, 0.3) is 0 Å². The number of halogens is 2. The molecule has 0 N–H and O–H groups in total. The molecular weight excluding hydrogens is 162 g/mol. The highest BCUT2D eigenvalue weighted by molar-refractivity contribution is 5.11. The van der Waals surface area contributed by atoms with Gasteiger partial charge < -0.3 is 0 Å². The lowest BCUT2D eigenvalue weighted by molar-refractivity contribution is 0.145. The van der Waals surface area contributed by atoms with Crippen LogP contribution in [0.2, 0.25) is 0 Å². The summed E-state index contributed by atoms with van der Waals surface area (Å²) in [5, 5.41) is 0. The first kappa shape index (κ1) is 9.03. The number of aromatic nitrogens is 2. The highest BCUT2D eigenvalue weighted by atomic mass is 19.3. The molecule has 0 fully saturated rings. The van der Waals surface area contributed by atoms with Crippen molar-refractivity contribution in [3.63, 3.8) is 0 Å². The molecule has 66 valence electrons. The molecule has 1 heterocycles. The van der Waals surface area contributed by atoms with Crippen LogP contribution in [0.3, 0.4) is 0 Å². The number of alkyl halides is 2. The van der Waals surface area contributed by atoms with Gasteiger partial charge in [0, 0.05) is 5.69 Å². The predicted octanol–water partition coefficient (Wildman–Crippen LogP) is 2.54. The fourth-order valence-corrected chi connectivity index (χ4v) is 0.823. The van der Waals surface area contributed by atoms with E-state index in [0.29, 0.717) is 5.69 Å². The van der Waals surface area contributed by atoms with Crippen molar-refractivity contribution in [2.75, 3.05) is 0 Å². The molecule has 0 amide bonds. The van der Waals surface area contributed by atoms with Crippen molar-refractivity contribution in [2.24, 2.45) is 0 Å². The third-order valence-electron chi connectivity index (χ3n) is 1.52. The van der Waals surface area contributed by atoms with Crippen molar-refractivity contribution in [2.45, 2.75) is 26.2 Å². The standard InChI is InChI=1S/C8H10F2N2/c1-5(2)6-3-7(8(9)10)12-4-11-6/h3-5,8H,1-2H3. The largest absolute Gasteiger partial charge is 0.280 e. The topological polar surface area (TPSA) is 25.8 Å². The van der Waals surface area contributed by atoms with E-state index in [1.54, 1.807) is 0 Å².